The van der Waals surface area contributed by atoms with E-state index in [1.54, 1.807) is 8.61 Å². The number of hydrogen-bond donors (Lipinski definition) is 1. The van der Waals surface area contributed by atoms with Crippen LogP contribution in [-0.2, 0) is 14.9 Å². The van der Waals surface area contributed by atoms with E-state index in [1.165, 1.54) is 0 Å². The minimum Gasteiger partial charge on any atom is -0.373 e. The Morgan fingerprint density at radius 1 is 1.16 bits per heavy atom. The number of piperidine rings is 1. The first-order chi connectivity index (χ1) is 8.80. The topological polar surface area (TPSA) is 75.9 Å². The minimum absolute atomic E-state index is 0.0257. The molecule has 6 nitrogen and oxygen atoms in total. The van der Waals surface area contributed by atoms with Gasteiger partial charge in [-0.2, -0.15) is 17.0 Å². The summed E-state index contributed by atoms with van der Waals surface area (Å²) < 4.78 is 34.2. The second-order valence-electron chi connectivity index (χ2n) is 5.83. The summed E-state index contributed by atoms with van der Waals surface area (Å²) in [6.07, 6.45) is 1.36. The van der Waals surface area contributed by atoms with Crippen molar-refractivity contribution in [2.75, 3.05) is 19.6 Å². The molecule has 7 heteroatoms. The highest BCUT2D eigenvalue weighted by Gasteiger charge is 2.39. The van der Waals surface area contributed by atoms with Gasteiger partial charge in [0.05, 0.1) is 12.2 Å². The van der Waals surface area contributed by atoms with Gasteiger partial charge in [0.2, 0.25) is 0 Å². The maximum absolute atomic E-state index is 12.7. The number of nitrogens with zero attached hydrogens (tertiary/aromatic N) is 2. The molecule has 2 aliphatic heterocycles. The molecule has 112 valence electrons. The normalized spacial score (nSPS) is 39.4. The molecule has 0 bridgehead atoms. The summed E-state index contributed by atoms with van der Waals surface area (Å²) in [6.45, 7) is 7.14. The second kappa shape index (κ2) is 5.65. The third kappa shape index (κ3) is 3.28. The Labute approximate surface area is 116 Å². The molecule has 2 aliphatic rings. The Hall–Kier alpha value is -0.210. The second-order valence-corrected chi connectivity index (χ2v) is 7.71. The van der Waals surface area contributed by atoms with Gasteiger partial charge >= 0.3 is 0 Å². The van der Waals surface area contributed by atoms with Crippen LogP contribution in [0.4, 0.5) is 0 Å². The molecule has 0 aromatic rings. The zero-order valence-corrected chi connectivity index (χ0v) is 12.8. The molecular weight excluding hydrogens is 266 g/mol. The van der Waals surface area contributed by atoms with Crippen molar-refractivity contribution in [1.29, 1.82) is 0 Å². The van der Waals surface area contributed by atoms with Gasteiger partial charge < -0.3 is 10.5 Å². The Kier molecular flexibility index (Phi) is 4.52. The minimum atomic E-state index is -3.39. The number of morpholine rings is 1. The fourth-order valence-corrected chi connectivity index (χ4v) is 4.97. The lowest BCUT2D eigenvalue weighted by Crippen LogP contribution is -2.57. The zero-order valence-electron chi connectivity index (χ0n) is 11.9. The molecule has 0 unspecified atom stereocenters. The third-order valence-electron chi connectivity index (χ3n) is 3.86. The van der Waals surface area contributed by atoms with Crippen LogP contribution in [0.15, 0.2) is 0 Å². The first-order valence-corrected chi connectivity index (χ1v) is 8.38. The summed E-state index contributed by atoms with van der Waals surface area (Å²) in [5.41, 5.74) is 5.90. The van der Waals surface area contributed by atoms with Crippen LogP contribution < -0.4 is 5.73 Å². The van der Waals surface area contributed by atoms with E-state index in [0.29, 0.717) is 19.6 Å². The predicted octanol–water partition coefficient (Wildman–Crippen LogP) is 0.152. The molecule has 2 rings (SSSR count). The molecular formula is C12H25N3O3S. The van der Waals surface area contributed by atoms with E-state index in [0.717, 1.165) is 12.8 Å². The monoisotopic (exact) mass is 291 g/mol. The average molecular weight is 291 g/mol. The van der Waals surface area contributed by atoms with E-state index in [4.69, 9.17) is 10.5 Å². The Morgan fingerprint density at radius 3 is 2.26 bits per heavy atom. The lowest BCUT2D eigenvalue weighted by molar-refractivity contribution is -0.0459. The van der Waals surface area contributed by atoms with Gasteiger partial charge in [0, 0.05) is 31.7 Å². The van der Waals surface area contributed by atoms with Gasteiger partial charge in [0.1, 0.15) is 0 Å². The molecule has 2 fully saturated rings. The highest BCUT2D eigenvalue weighted by atomic mass is 32.2. The van der Waals surface area contributed by atoms with E-state index in [9.17, 15) is 8.42 Å². The van der Waals surface area contributed by atoms with E-state index < -0.39 is 10.2 Å². The standard InChI is InChI=1S/C12H25N3O3S/c1-9-6-12(13)4-5-15(9)19(16,17)14-7-10(2)18-11(3)8-14/h9-12H,4-8,13H2,1-3H3/t9-,10-,11-,12+/m1/s1. The maximum atomic E-state index is 12.7. The third-order valence-corrected chi connectivity index (χ3v) is 5.95. The molecule has 2 N–H and O–H groups in total. The van der Waals surface area contributed by atoms with Gasteiger partial charge in [0.25, 0.3) is 10.2 Å². The Bertz CT molecular complexity index is 404. The molecule has 2 saturated heterocycles. The molecule has 0 radical (unpaired) electrons. The highest BCUT2D eigenvalue weighted by molar-refractivity contribution is 7.86. The van der Waals surface area contributed by atoms with Gasteiger partial charge in [-0.05, 0) is 33.6 Å². The number of hydrogen-bond acceptors (Lipinski definition) is 4. The molecule has 0 aromatic carbocycles. The number of nitrogens with two attached hydrogens (primary N) is 1. The Morgan fingerprint density at radius 2 is 1.74 bits per heavy atom. The predicted molar refractivity (Wildman–Crippen MR) is 73.9 cm³/mol. The van der Waals surface area contributed by atoms with E-state index in [1.807, 2.05) is 20.8 Å². The van der Waals surface area contributed by atoms with Crippen molar-refractivity contribution >= 4 is 10.2 Å². The van der Waals surface area contributed by atoms with Gasteiger partial charge in [-0.25, -0.2) is 0 Å². The molecule has 19 heavy (non-hydrogen) atoms. The fraction of sp³-hybridized carbons (Fsp3) is 1.00. The number of ether oxygens (including phenoxy) is 1. The van der Waals surface area contributed by atoms with Crippen LogP contribution in [0.2, 0.25) is 0 Å². The quantitative estimate of drug-likeness (QED) is 0.786. The molecule has 0 aliphatic carbocycles. The van der Waals surface area contributed by atoms with Gasteiger partial charge in [-0.15, -0.1) is 0 Å². The van der Waals surface area contributed by atoms with Crippen LogP contribution in [0.3, 0.4) is 0 Å². The van der Waals surface area contributed by atoms with Crippen LogP contribution in [0.25, 0.3) is 0 Å². The smallest absolute Gasteiger partial charge is 0.282 e. The summed E-state index contributed by atoms with van der Waals surface area (Å²) in [6, 6.07) is 0.0891. The maximum Gasteiger partial charge on any atom is 0.282 e. The Balaban J connectivity index is 2.13. The largest absolute Gasteiger partial charge is 0.373 e. The lowest BCUT2D eigenvalue weighted by Gasteiger charge is -2.41. The van der Waals surface area contributed by atoms with Crippen molar-refractivity contribution in [3.05, 3.63) is 0 Å². The SMILES string of the molecule is C[C@@H]1CN(S(=O)(=O)N2CC[C@H](N)C[C@H]2C)C[C@@H](C)O1. The molecule has 4 atom stereocenters. The number of rotatable bonds is 2. The highest BCUT2D eigenvalue weighted by Crippen LogP contribution is 2.24. The van der Waals surface area contributed by atoms with Gasteiger partial charge in [-0.3, -0.25) is 0 Å². The summed E-state index contributed by atoms with van der Waals surface area (Å²) in [5, 5.41) is 0. The fourth-order valence-electron chi connectivity index (χ4n) is 3.00. The van der Waals surface area contributed by atoms with Crippen LogP contribution in [0, 0.1) is 0 Å². The van der Waals surface area contributed by atoms with E-state index in [2.05, 4.69) is 0 Å². The molecule has 0 amide bonds. The van der Waals surface area contributed by atoms with Crippen LogP contribution in [0.5, 0.6) is 0 Å². The van der Waals surface area contributed by atoms with Crippen molar-refractivity contribution in [3.63, 3.8) is 0 Å². The van der Waals surface area contributed by atoms with Crippen LogP contribution in [-0.4, -0.2) is 61.0 Å². The van der Waals surface area contributed by atoms with Crippen molar-refractivity contribution in [3.8, 4) is 0 Å². The first kappa shape index (κ1) is 15.2. The van der Waals surface area contributed by atoms with Crippen LogP contribution >= 0.6 is 0 Å². The van der Waals surface area contributed by atoms with E-state index in [-0.39, 0.29) is 24.3 Å². The van der Waals surface area contributed by atoms with Crippen LogP contribution in [0.1, 0.15) is 33.6 Å². The van der Waals surface area contributed by atoms with Crippen molar-refractivity contribution in [2.45, 2.75) is 57.9 Å². The van der Waals surface area contributed by atoms with Gasteiger partial charge in [-0.1, -0.05) is 0 Å². The summed E-state index contributed by atoms with van der Waals surface area (Å²) in [5.74, 6) is 0. The van der Waals surface area contributed by atoms with E-state index >= 15 is 0 Å². The lowest BCUT2D eigenvalue weighted by atomic mass is 10.0. The van der Waals surface area contributed by atoms with Crippen molar-refractivity contribution in [2.24, 2.45) is 5.73 Å². The molecule has 0 aromatic heterocycles. The zero-order chi connectivity index (χ0) is 14.2. The molecule has 0 spiro atoms. The van der Waals surface area contributed by atoms with Gasteiger partial charge in [0.15, 0.2) is 0 Å². The summed E-state index contributed by atoms with van der Waals surface area (Å²) in [4.78, 5) is 0. The molecule has 2 heterocycles. The summed E-state index contributed by atoms with van der Waals surface area (Å²) >= 11 is 0. The summed E-state index contributed by atoms with van der Waals surface area (Å²) in [7, 11) is -3.39. The average Bonchev–Trinajstić information content (AvgIpc) is 2.26. The first-order valence-electron chi connectivity index (χ1n) is 6.98. The van der Waals surface area contributed by atoms with Crippen molar-refractivity contribution in [1.82, 2.24) is 8.61 Å². The van der Waals surface area contributed by atoms with Crippen molar-refractivity contribution < 1.29 is 13.2 Å². The molecule has 0 saturated carbocycles.